The van der Waals surface area contributed by atoms with Gasteiger partial charge in [0.2, 0.25) is 11.8 Å². The lowest BCUT2D eigenvalue weighted by molar-refractivity contribution is -0.118. The first-order chi connectivity index (χ1) is 16.5. The lowest BCUT2D eigenvalue weighted by Gasteiger charge is -2.18. The van der Waals surface area contributed by atoms with Crippen molar-refractivity contribution in [2.45, 2.75) is 17.7 Å². The number of thioether (sulfide) groups is 1. The maximum Gasteiger partial charge on any atom is 0.230 e. The molecule has 0 saturated carbocycles. The molecule has 2 amide bonds. The first kappa shape index (κ1) is 23.4. The van der Waals surface area contributed by atoms with Crippen LogP contribution in [-0.2, 0) is 9.59 Å². The predicted molar refractivity (Wildman–Crippen MR) is 138 cm³/mol. The van der Waals surface area contributed by atoms with E-state index in [4.69, 9.17) is 4.74 Å². The summed E-state index contributed by atoms with van der Waals surface area (Å²) in [6.45, 7) is 1.96. The Morgan fingerprint density at radius 1 is 1.00 bits per heavy atom. The van der Waals surface area contributed by atoms with Crippen LogP contribution in [0.5, 0.6) is 5.75 Å². The topological polar surface area (TPSA) is 83.2 Å². The third kappa shape index (κ3) is 5.80. The van der Waals surface area contributed by atoms with Crippen LogP contribution in [-0.4, -0.2) is 36.2 Å². The van der Waals surface area contributed by atoms with Crippen LogP contribution in [0.4, 0.5) is 5.69 Å². The summed E-state index contributed by atoms with van der Waals surface area (Å²) in [4.78, 5) is 28.1. The summed E-state index contributed by atoms with van der Waals surface area (Å²) >= 11 is 1.46. The number of carbonyl (C=O) groups excluding carboxylic acids is 2. The summed E-state index contributed by atoms with van der Waals surface area (Å²) in [6, 6.07) is 23.6. The molecule has 1 atom stereocenters. The Labute approximate surface area is 203 Å². The van der Waals surface area contributed by atoms with E-state index in [2.05, 4.69) is 27.8 Å². The van der Waals surface area contributed by atoms with Gasteiger partial charge in [0, 0.05) is 47.1 Å². The number of aromatic amines is 1. The van der Waals surface area contributed by atoms with Gasteiger partial charge in [-0.25, -0.2) is 0 Å². The summed E-state index contributed by atoms with van der Waals surface area (Å²) in [7, 11) is 1.65. The summed E-state index contributed by atoms with van der Waals surface area (Å²) in [5.74, 6) is 0.956. The number of anilines is 1. The van der Waals surface area contributed by atoms with Crippen molar-refractivity contribution in [3.05, 3.63) is 90.1 Å². The van der Waals surface area contributed by atoms with Crippen LogP contribution in [0.3, 0.4) is 0 Å². The quantitative estimate of drug-likeness (QED) is 0.293. The third-order valence-corrected chi connectivity index (χ3v) is 6.57. The van der Waals surface area contributed by atoms with E-state index in [1.807, 2.05) is 66.9 Å². The molecule has 6 nitrogen and oxygen atoms in total. The third-order valence-electron chi connectivity index (χ3n) is 5.56. The molecule has 174 valence electrons. The van der Waals surface area contributed by atoms with Gasteiger partial charge in [0.1, 0.15) is 5.75 Å². The minimum atomic E-state index is -0.110. The number of ether oxygens (including phenoxy) is 1. The number of para-hydroxylation sites is 1. The second-order valence-corrected chi connectivity index (χ2v) is 8.96. The number of aromatic nitrogens is 1. The van der Waals surface area contributed by atoms with E-state index in [0.29, 0.717) is 12.3 Å². The number of carbonyl (C=O) groups is 2. The molecular weight excluding hydrogens is 446 g/mol. The molecule has 0 spiro atoms. The van der Waals surface area contributed by atoms with Crippen LogP contribution in [0.2, 0.25) is 0 Å². The Kier molecular flexibility index (Phi) is 7.54. The fraction of sp³-hybridized carbons (Fsp3) is 0.185. The Morgan fingerprint density at radius 3 is 2.44 bits per heavy atom. The van der Waals surface area contributed by atoms with E-state index >= 15 is 0 Å². The lowest BCUT2D eigenvalue weighted by atomic mass is 9.91. The number of rotatable bonds is 9. The molecule has 4 aromatic rings. The van der Waals surface area contributed by atoms with Crippen molar-refractivity contribution in [3.8, 4) is 5.75 Å². The lowest BCUT2D eigenvalue weighted by Crippen LogP contribution is -2.30. The Morgan fingerprint density at radius 2 is 1.74 bits per heavy atom. The Balaban J connectivity index is 1.44. The molecule has 0 fully saturated rings. The van der Waals surface area contributed by atoms with E-state index in [1.165, 1.54) is 18.7 Å². The fourth-order valence-corrected chi connectivity index (χ4v) is 4.61. The number of hydrogen-bond acceptors (Lipinski definition) is 4. The standard InChI is InChI=1S/C27H27N3O3S/c1-18(31)30-20-9-13-22(14-10-20)34-17-27(32)29-15-24(19-7-11-21(33-2)12-8-19)25-16-28-26-6-4-3-5-23(25)26/h3-14,16,24,28H,15,17H2,1-2H3,(H,29,32)(H,30,31). The smallest absolute Gasteiger partial charge is 0.230 e. The fourth-order valence-electron chi connectivity index (χ4n) is 3.88. The van der Waals surface area contributed by atoms with Gasteiger partial charge in [0.15, 0.2) is 0 Å². The largest absolute Gasteiger partial charge is 0.497 e. The molecule has 1 aromatic heterocycles. The number of methoxy groups -OCH3 is 1. The molecular formula is C27H27N3O3S. The first-order valence-electron chi connectivity index (χ1n) is 11.0. The van der Waals surface area contributed by atoms with Gasteiger partial charge >= 0.3 is 0 Å². The summed E-state index contributed by atoms with van der Waals surface area (Å²) in [5, 5.41) is 6.99. The molecule has 3 N–H and O–H groups in total. The highest BCUT2D eigenvalue weighted by atomic mass is 32.2. The Bertz CT molecular complexity index is 1270. The highest BCUT2D eigenvalue weighted by Crippen LogP contribution is 2.31. The van der Waals surface area contributed by atoms with Crippen LogP contribution in [0.25, 0.3) is 10.9 Å². The Hall–Kier alpha value is -3.71. The van der Waals surface area contributed by atoms with Crippen molar-refractivity contribution < 1.29 is 14.3 Å². The summed E-state index contributed by atoms with van der Waals surface area (Å²) in [6.07, 6.45) is 2.02. The number of hydrogen-bond donors (Lipinski definition) is 3. The maximum atomic E-state index is 12.7. The van der Waals surface area contributed by atoms with Crippen LogP contribution < -0.4 is 15.4 Å². The van der Waals surface area contributed by atoms with Crippen molar-refractivity contribution in [3.63, 3.8) is 0 Å². The van der Waals surface area contributed by atoms with Crippen molar-refractivity contribution in [1.82, 2.24) is 10.3 Å². The van der Waals surface area contributed by atoms with Gasteiger partial charge in [0.05, 0.1) is 12.9 Å². The van der Waals surface area contributed by atoms with Gasteiger partial charge in [-0.1, -0.05) is 30.3 Å². The molecule has 0 aliphatic rings. The van der Waals surface area contributed by atoms with Gasteiger partial charge in [-0.05, 0) is 53.6 Å². The normalized spacial score (nSPS) is 11.7. The zero-order valence-corrected chi connectivity index (χ0v) is 19.9. The SMILES string of the molecule is COc1ccc(C(CNC(=O)CSc2ccc(NC(C)=O)cc2)c2c[nH]c3ccccc23)cc1. The number of amides is 2. The zero-order valence-electron chi connectivity index (χ0n) is 19.1. The number of fused-ring (bicyclic) bond motifs is 1. The molecule has 1 heterocycles. The van der Waals surface area contributed by atoms with Crippen molar-refractivity contribution in [2.24, 2.45) is 0 Å². The molecule has 0 radical (unpaired) electrons. The van der Waals surface area contributed by atoms with Gasteiger partial charge in [-0.15, -0.1) is 11.8 Å². The van der Waals surface area contributed by atoms with E-state index in [9.17, 15) is 9.59 Å². The molecule has 34 heavy (non-hydrogen) atoms. The summed E-state index contributed by atoms with van der Waals surface area (Å²) in [5.41, 5.74) is 4.05. The van der Waals surface area contributed by atoms with Crippen LogP contribution >= 0.6 is 11.8 Å². The second-order valence-electron chi connectivity index (χ2n) is 7.91. The molecule has 3 aromatic carbocycles. The van der Waals surface area contributed by atoms with Gasteiger partial charge in [0.25, 0.3) is 0 Å². The minimum absolute atomic E-state index is 0.00653. The monoisotopic (exact) mass is 473 g/mol. The van der Waals surface area contributed by atoms with Crippen molar-refractivity contribution in [1.29, 1.82) is 0 Å². The van der Waals surface area contributed by atoms with Crippen LogP contribution in [0, 0.1) is 0 Å². The second kappa shape index (κ2) is 10.9. The molecule has 0 aliphatic carbocycles. The van der Waals surface area contributed by atoms with Gasteiger partial charge in [-0.3, -0.25) is 9.59 Å². The molecule has 7 heteroatoms. The molecule has 1 unspecified atom stereocenters. The van der Waals surface area contributed by atoms with Crippen molar-refractivity contribution in [2.75, 3.05) is 24.7 Å². The van der Waals surface area contributed by atoms with E-state index in [1.54, 1.807) is 7.11 Å². The van der Waals surface area contributed by atoms with E-state index in [0.717, 1.165) is 38.4 Å². The molecule has 4 rings (SSSR count). The van der Waals surface area contributed by atoms with Crippen LogP contribution in [0.15, 0.2) is 83.9 Å². The van der Waals surface area contributed by atoms with Crippen LogP contribution in [0.1, 0.15) is 24.0 Å². The van der Waals surface area contributed by atoms with Gasteiger partial charge in [-0.2, -0.15) is 0 Å². The summed E-state index contributed by atoms with van der Waals surface area (Å²) < 4.78 is 5.31. The van der Waals surface area contributed by atoms with E-state index < -0.39 is 0 Å². The number of H-pyrrole nitrogens is 1. The maximum absolute atomic E-state index is 12.7. The zero-order chi connectivity index (χ0) is 23.9. The average molecular weight is 474 g/mol. The predicted octanol–water partition coefficient (Wildman–Crippen LogP) is 5.18. The number of benzene rings is 3. The van der Waals surface area contributed by atoms with Crippen molar-refractivity contribution >= 4 is 40.2 Å². The number of nitrogens with one attached hydrogen (secondary N) is 3. The average Bonchev–Trinajstić information content (AvgIpc) is 3.28. The molecule has 0 bridgehead atoms. The first-order valence-corrected chi connectivity index (χ1v) is 12.0. The molecule has 0 saturated heterocycles. The minimum Gasteiger partial charge on any atom is -0.497 e. The van der Waals surface area contributed by atoms with E-state index in [-0.39, 0.29) is 17.7 Å². The highest BCUT2D eigenvalue weighted by molar-refractivity contribution is 8.00. The van der Waals surface area contributed by atoms with Gasteiger partial charge < -0.3 is 20.4 Å². The molecule has 0 aliphatic heterocycles. The highest BCUT2D eigenvalue weighted by Gasteiger charge is 2.19.